The molecule has 1 aromatic heterocycles. The van der Waals surface area contributed by atoms with Crippen molar-refractivity contribution in [2.24, 2.45) is 7.05 Å². The van der Waals surface area contributed by atoms with Gasteiger partial charge in [0.2, 0.25) is 5.69 Å². The third-order valence-electron chi connectivity index (χ3n) is 5.79. The number of phenols is 1. The molecule has 0 unspecified atom stereocenters. The summed E-state index contributed by atoms with van der Waals surface area (Å²) in [5, 5.41) is 9.57. The minimum absolute atomic E-state index is 0.135. The van der Waals surface area contributed by atoms with Crippen LogP contribution in [0.25, 0.3) is 34.5 Å². The second-order valence-electron chi connectivity index (χ2n) is 9.26. The lowest BCUT2D eigenvalue weighted by atomic mass is 9.86. The van der Waals surface area contributed by atoms with E-state index in [0.717, 1.165) is 16.8 Å². The van der Waals surface area contributed by atoms with Crippen molar-refractivity contribution in [3.63, 3.8) is 0 Å². The van der Waals surface area contributed by atoms with Crippen LogP contribution in [-0.2, 0) is 12.5 Å². The van der Waals surface area contributed by atoms with Gasteiger partial charge in [0, 0.05) is 11.6 Å². The number of pyridine rings is 1. The van der Waals surface area contributed by atoms with Gasteiger partial charge in [-0.15, -0.1) is 0 Å². The molecular weight excluding hydrogens is 390 g/mol. The smallest absolute Gasteiger partial charge is 0.212 e. The number of phenolic OH excluding ortho intramolecular Hbond substituents is 1. The van der Waals surface area contributed by atoms with Crippen molar-refractivity contribution < 1.29 is 9.67 Å². The Kier molecular flexibility index (Phi) is 5.96. The first kappa shape index (κ1) is 21.6. The Morgan fingerprint density at radius 1 is 0.750 bits per heavy atom. The average molecular weight is 421 g/mol. The molecular formula is C30H30NO+. The maximum atomic E-state index is 9.57. The van der Waals surface area contributed by atoms with Gasteiger partial charge in [0.25, 0.3) is 0 Å². The number of benzene rings is 3. The van der Waals surface area contributed by atoms with Crippen LogP contribution in [0.5, 0.6) is 5.75 Å². The second-order valence-corrected chi connectivity index (χ2v) is 9.26. The van der Waals surface area contributed by atoms with E-state index in [1.807, 2.05) is 18.2 Å². The Balaban J connectivity index is 1.81. The van der Waals surface area contributed by atoms with E-state index >= 15 is 0 Å². The average Bonchev–Trinajstić information content (AvgIpc) is 2.79. The number of aryl methyl sites for hydroxylation is 1. The highest BCUT2D eigenvalue weighted by Gasteiger charge is 2.18. The van der Waals surface area contributed by atoms with Gasteiger partial charge < -0.3 is 5.11 Å². The molecule has 2 heteroatoms. The Labute approximate surface area is 191 Å². The predicted molar refractivity (Wildman–Crippen MR) is 134 cm³/mol. The van der Waals surface area contributed by atoms with Crippen LogP contribution in [0.15, 0.2) is 91.1 Å². The Bertz CT molecular complexity index is 1230. The van der Waals surface area contributed by atoms with Gasteiger partial charge in [-0.2, -0.15) is 0 Å². The van der Waals surface area contributed by atoms with Crippen molar-refractivity contribution in [2.45, 2.75) is 26.2 Å². The van der Waals surface area contributed by atoms with Gasteiger partial charge in [0.1, 0.15) is 12.8 Å². The molecule has 0 amide bonds. The molecule has 3 aromatic carbocycles. The number of hydrogen-bond donors (Lipinski definition) is 1. The topological polar surface area (TPSA) is 24.1 Å². The third kappa shape index (κ3) is 4.81. The Morgan fingerprint density at radius 2 is 1.41 bits per heavy atom. The van der Waals surface area contributed by atoms with Crippen molar-refractivity contribution >= 4 is 12.2 Å². The Hall–Kier alpha value is -3.65. The fraction of sp³-hybridized carbons (Fsp3) is 0.167. The molecule has 1 N–H and O–H groups in total. The van der Waals surface area contributed by atoms with Crippen LogP contribution in [-0.4, -0.2) is 5.11 Å². The molecule has 0 radical (unpaired) electrons. The Morgan fingerprint density at radius 3 is 2.03 bits per heavy atom. The highest BCUT2D eigenvalue weighted by atomic mass is 16.3. The summed E-state index contributed by atoms with van der Waals surface area (Å²) in [7, 11) is 2.10. The minimum Gasteiger partial charge on any atom is -0.508 e. The van der Waals surface area contributed by atoms with Crippen molar-refractivity contribution in [2.75, 3.05) is 0 Å². The number of nitrogens with zero attached hydrogens (tertiary/aromatic N) is 1. The predicted octanol–water partition coefficient (Wildman–Crippen LogP) is 7.02. The van der Waals surface area contributed by atoms with Crippen molar-refractivity contribution in [3.05, 3.63) is 108 Å². The molecule has 0 atom stereocenters. The van der Waals surface area contributed by atoms with E-state index in [9.17, 15) is 5.11 Å². The van der Waals surface area contributed by atoms with Gasteiger partial charge in [0.05, 0.1) is 5.56 Å². The zero-order chi connectivity index (χ0) is 22.7. The molecule has 2 nitrogen and oxygen atoms in total. The summed E-state index contributed by atoms with van der Waals surface area (Å²) < 4.78 is 2.20. The monoisotopic (exact) mass is 420 g/mol. The van der Waals surface area contributed by atoms with Gasteiger partial charge in [-0.05, 0) is 51.9 Å². The molecule has 0 saturated carbocycles. The summed E-state index contributed by atoms with van der Waals surface area (Å²) in [4.78, 5) is 0. The summed E-state index contributed by atoms with van der Waals surface area (Å²) >= 11 is 0. The number of rotatable bonds is 4. The highest BCUT2D eigenvalue weighted by molar-refractivity contribution is 5.81. The van der Waals surface area contributed by atoms with E-state index in [4.69, 9.17) is 0 Å². The lowest BCUT2D eigenvalue weighted by molar-refractivity contribution is -0.659. The van der Waals surface area contributed by atoms with Crippen LogP contribution >= 0.6 is 0 Å². The van der Waals surface area contributed by atoms with Crippen LogP contribution in [0.3, 0.4) is 0 Å². The first-order valence-corrected chi connectivity index (χ1v) is 11.0. The van der Waals surface area contributed by atoms with Gasteiger partial charge in [-0.25, -0.2) is 4.57 Å². The second kappa shape index (κ2) is 8.84. The first-order valence-electron chi connectivity index (χ1n) is 11.0. The SMILES string of the molecule is C[n+]1cc(-c2ccccc2)c(/C=C/c2ccc(O)cc2)cc1-c1ccc(C(C)(C)C)cc1. The van der Waals surface area contributed by atoms with E-state index in [0.29, 0.717) is 0 Å². The molecule has 0 spiro atoms. The lowest BCUT2D eigenvalue weighted by Crippen LogP contribution is -2.31. The number of aromatic nitrogens is 1. The van der Waals surface area contributed by atoms with Gasteiger partial charge >= 0.3 is 0 Å². The summed E-state index contributed by atoms with van der Waals surface area (Å²) in [5.74, 6) is 0.278. The molecule has 0 bridgehead atoms. The number of aromatic hydroxyl groups is 1. The quantitative estimate of drug-likeness (QED) is 0.353. The third-order valence-corrected chi connectivity index (χ3v) is 5.79. The molecule has 0 aliphatic heterocycles. The van der Waals surface area contributed by atoms with Crippen LogP contribution in [0, 0.1) is 0 Å². The van der Waals surface area contributed by atoms with E-state index < -0.39 is 0 Å². The van der Waals surface area contributed by atoms with Gasteiger partial charge in [0.15, 0.2) is 6.20 Å². The zero-order valence-electron chi connectivity index (χ0n) is 19.2. The largest absolute Gasteiger partial charge is 0.508 e. The maximum absolute atomic E-state index is 9.57. The van der Waals surface area contributed by atoms with E-state index in [1.54, 1.807) is 12.1 Å². The summed E-state index contributed by atoms with van der Waals surface area (Å²) in [6, 6.07) is 28.9. The summed E-state index contributed by atoms with van der Waals surface area (Å²) in [6.45, 7) is 6.72. The molecule has 4 rings (SSSR count). The van der Waals surface area contributed by atoms with Crippen LogP contribution in [0.1, 0.15) is 37.5 Å². The molecule has 4 aromatic rings. The summed E-state index contributed by atoms with van der Waals surface area (Å²) in [5.41, 5.74) is 8.38. The van der Waals surface area contributed by atoms with E-state index in [1.165, 1.54) is 22.3 Å². The van der Waals surface area contributed by atoms with E-state index in [2.05, 4.69) is 105 Å². The standard InChI is InChI=1S/C30H29NO/c1-30(2,3)26-16-14-24(15-17-26)29-20-25(13-10-22-11-18-27(32)19-12-22)28(21-31(29)4)23-8-6-5-7-9-23/h5-21H,1-4H3/p+1. The van der Waals surface area contributed by atoms with E-state index in [-0.39, 0.29) is 11.2 Å². The van der Waals surface area contributed by atoms with Crippen LogP contribution in [0.4, 0.5) is 0 Å². The van der Waals surface area contributed by atoms with Gasteiger partial charge in [-0.1, -0.05) is 87.5 Å². The van der Waals surface area contributed by atoms with Crippen molar-refractivity contribution in [3.8, 4) is 28.1 Å². The normalized spacial score (nSPS) is 11.8. The van der Waals surface area contributed by atoms with Gasteiger partial charge in [-0.3, -0.25) is 0 Å². The molecule has 0 aliphatic rings. The maximum Gasteiger partial charge on any atom is 0.212 e. The van der Waals surface area contributed by atoms with Crippen molar-refractivity contribution in [1.82, 2.24) is 0 Å². The highest BCUT2D eigenvalue weighted by Crippen LogP contribution is 2.29. The zero-order valence-corrected chi connectivity index (χ0v) is 19.2. The molecule has 32 heavy (non-hydrogen) atoms. The fourth-order valence-corrected chi connectivity index (χ4v) is 3.86. The number of hydrogen-bond acceptors (Lipinski definition) is 1. The van der Waals surface area contributed by atoms with Crippen molar-refractivity contribution in [1.29, 1.82) is 0 Å². The molecule has 0 fully saturated rings. The molecule has 0 aliphatic carbocycles. The van der Waals surface area contributed by atoms with Crippen LogP contribution in [0.2, 0.25) is 0 Å². The molecule has 160 valence electrons. The molecule has 0 saturated heterocycles. The van der Waals surface area contributed by atoms with Crippen LogP contribution < -0.4 is 4.57 Å². The lowest BCUT2D eigenvalue weighted by Gasteiger charge is -2.19. The fourth-order valence-electron chi connectivity index (χ4n) is 3.86. The molecule has 1 heterocycles. The first-order chi connectivity index (χ1) is 15.3. The summed E-state index contributed by atoms with van der Waals surface area (Å²) in [6.07, 6.45) is 6.45. The minimum atomic E-state index is 0.135.